The van der Waals surface area contributed by atoms with E-state index in [0.717, 1.165) is 22.3 Å². The zero-order valence-corrected chi connectivity index (χ0v) is 16.0. The Morgan fingerprint density at radius 3 is 1.25 bits per heavy atom. The van der Waals surface area contributed by atoms with Crippen LogP contribution in [0, 0.1) is 47.4 Å². The van der Waals surface area contributed by atoms with E-state index < -0.39 is 10.8 Å². The minimum absolute atomic E-state index is 0.209. The van der Waals surface area contributed by atoms with Crippen LogP contribution in [0.15, 0.2) is 48.5 Å². The van der Waals surface area contributed by atoms with Crippen LogP contribution in [0.3, 0.4) is 0 Å². The zero-order valence-electron chi connectivity index (χ0n) is 15.2. The second kappa shape index (κ2) is 12.2. The van der Waals surface area contributed by atoms with Crippen molar-refractivity contribution in [1.29, 1.82) is 0 Å². The van der Waals surface area contributed by atoms with Gasteiger partial charge in [0.1, 0.15) is 13.2 Å². The minimum Gasteiger partial charge on any atom is -0.384 e. The predicted octanol–water partition coefficient (Wildman–Crippen LogP) is 1.53. The Balaban J connectivity index is 2.00. The lowest BCUT2D eigenvalue weighted by molar-refractivity contribution is 0.350. The Morgan fingerprint density at radius 2 is 0.929 bits per heavy atom. The van der Waals surface area contributed by atoms with Crippen LogP contribution in [-0.4, -0.2) is 39.1 Å². The molecule has 0 amide bonds. The van der Waals surface area contributed by atoms with E-state index in [1.807, 2.05) is 48.5 Å². The van der Waals surface area contributed by atoms with E-state index in [0.29, 0.717) is 0 Å². The molecule has 0 aliphatic carbocycles. The standard InChI is InChI=1S/C24H18O3S/c25-17-5-13-21-9-1-3-11-23(21)15-7-19-28(27)20-8-16-24-12-4-2-10-22(24)14-6-18-26/h1-4,9-12,25-26H,17-20H2. The quantitative estimate of drug-likeness (QED) is 0.770. The fourth-order valence-electron chi connectivity index (χ4n) is 2.15. The van der Waals surface area contributed by atoms with Crippen LogP contribution in [0.1, 0.15) is 22.3 Å². The Labute approximate surface area is 168 Å². The molecule has 0 bridgehead atoms. The number of aliphatic hydroxyl groups is 2. The van der Waals surface area contributed by atoms with Crippen molar-refractivity contribution in [3.8, 4) is 47.4 Å². The van der Waals surface area contributed by atoms with Gasteiger partial charge in [0, 0.05) is 33.1 Å². The van der Waals surface area contributed by atoms with Crippen molar-refractivity contribution < 1.29 is 14.4 Å². The summed E-state index contributed by atoms with van der Waals surface area (Å²) in [5, 5.41) is 17.6. The fraction of sp³-hybridized carbons (Fsp3) is 0.167. The van der Waals surface area contributed by atoms with E-state index in [-0.39, 0.29) is 24.7 Å². The third-order valence-electron chi connectivity index (χ3n) is 3.37. The molecule has 2 N–H and O–H groups in total. The summed E-state index contributed by atoms with van der Waals surface area (Å²) < 4.78 is 12.1. The molecule has 2 aromatic rings. The molecule has 2 aromatic carbocycles. The molecule has 138 valence electrons. The number of rotatable bonds is 2. The molecular formula is C24H18O3S. The molecule has 0 saturated heterocycles. The van der Waals surface area contributed by atoms with Gasteiger partial charge in [-0.3, -0.25) is 4.21 Å². The van der Waals surface area contributed by atoms with E-state index in [1.54, 1.807) is 0 Å². The summed E-state index contributed by atoms with van der Waals surface area (Å²) >= 11 is 0. The molecule has 0 aromatic heterocycles. The normalized spacial score (nSPS) is 8.96. The first-order chi connectivity index (χ1) is 13.7. The highest BCUT2D eigenvalue weighted by atomic mass is 32.2. The Morgan fingerprint density at radius 1 is 0.607 bits per heavy atom. The summed E-state index contributed by atoms with van der Waals surface area (Å²) in [6.07, 6.45) is 0. The van der Waals surface area contributed by atoms with Crippen molar-refractivity contribution in [2.75, 3.05) is 24.7 Å². The average Bonchev–Trinajstić information content (AvgIpc) is 2.72. The van der Waals surface area contributed by atoms with Crippen LogP contribution < -0.4 is 0 Å². The molecular weight excluding hydrogens is 368 g/mol. The van der Waals surface area contributed by atoms with Gasteiger partial charge in [0.25, 0.3) is 0 Å². The first-order valence-electron chi connectivity index (χ1n) is 8.45. The molecule has 4 heteroatoms. The van der Waals surface area contributed by atoms with Gasteiger partial charge < -0.3 is 10.2 Å². The van der Waals surface area contributed by atoms with Crippen LogP contribution in [0.25, 0.3) is 0 Å². The molecule has 0 fully saturated rings. The van der Waals surface area contributed by atoms with Crippen molar-refractivity contribution in [3.05, 3.63) is 70.8 Å². The molecule has 2 rings (SSSR count). The van der Waals surface area contributed by atoms with Crippen molar-refractivity contribution >= 4 is 10.8 Å². The predicted molar refractivity (Wildman–Crippen MR) is 112 cm³/mol. The van der Waals surface area contributed by atoms with Crippen molar-refractivity contribution in [2.45, 2.75) is 0 Å². The minimum atomic E-state index is -1.19. The molecule has 3 nitrogen and oxygen atoms in total. The SMILES string of the molecule is O=S(CC#Cc1ccccc1C#CCO)CC#Cc1ccccc1C#CCO. The molecule has 0 atom stereocenters. The molecule has 0 spiro atoms. The van der Waals surface area contributed by atoms with Crippen molar-refractivity contribution in [3.63, 3.8) is 0 Å². The maximum atomic E-state index is 12.1. The van der Waals surface area contributed by atoms with E-state index in [4.69, 9.17) is 10.2 Å². The number of benzene rings is 2. The van der Waals surface area contributed by atoms with Crippen LogP contribution in [-0.2, 0) is 10.8 Å². The number of hydrogen-bond donors (Lipinski definition) is 2. The molecule has 28 heavy (non-hydrogen) atoms. The van der Waals surface area contributed by atoms with E-state index in [2.05, 4.69) is 47.4 Å². The first kappa shape index (κ1) is 21.1. The number of aliphatic hydroxyl groups excluding tert-OH is 2. The van der Waals surface area contributed by atoms with E-state index >= 15 is 0 Å². The largest absolute Gasteiger partial charge is 0.384 e. The maximum absolute atomic E-state index is 12.1. The zero-order chi connectivity index (χ0) is 20.0. The molecule has 0 aliphatic rings. The maximum Gasteiger partial charge on any atom is 0.104 e. The van der Waals surface area contributed by atoms with Gasteiger partial charge in [-0.25, -0.2) is 0 Å². The van der Waals surface area contributed by atoms with Crippen LogP contribution in [0.5, 0.6) is 0 Å². The van der Waals surface area contributed by atoms with Gasteiger partial charge in [0.05, 0.1) is 11.5 Å². The highest BCUT2D eigenvalue weighted by Crippen LogP contribution is 2.06. The van der Waals surface area contributed by atoms with Crippen LogP contribution >= 0.6 is 0 Å². The third kappa shape index (κ3) is 7.17. The van der Waals surface area contributed by atoms with Crippen molar-refractivity contribution in [2.24, 2.45) is 0 Å². The lowest BCUT2D eigenvalue weighted by Gasteiger charge is -1.95. The lowest BCUT2D eigenvalue weighted by Crippen LogP contribution is -1.99. The van der Waals surface area contributed by atoms with Gasteiger partial charge >= 0.3 is 0 Å². The monoisotopic (exact) mass is 386 g/mol. The molecule has 0 saturated carbocycles. The summed E-state index contributed by atoms with van der Waals surface area (Å²) in [6.45, 7) is -0.418. The molecule has 0 aliphatic heterocycles. The molecule has 0 heterocycles. The lowest BCUT2D eigenvalue weighted by atomic mass is 10.1. The topological polar surface area (TPSA) is 57.5 Å². The Hall–Kier alpha value is -3.25. The smallest absolute Gasteiger partial charge is 0.104 e. The van der Waals surface area contributed by atoms with Gasteiger partial charge in [0.15, 0.2) is 0 Å². The highest BCUT2D eigenvalue weighted by molar-refractivity contribution is 7.85. The van der Waals surface area contributed by atoms with E-state index in [9.17, 15) is 4.21 Å². The van der Waals surface area contributed by atoms with Crippen LogP contribution in [0.2, 0.25) is 0 Å². The van der Waals surface area contributed by atoms with Crippen LogP contribution in [0.4, 0.5) is 0 Å². The summed E-state index contributed by atoms with van der Waals surface area (Å²) in [7, 11) is -1.19. The number of hydrogen-bond acceptors (Lipinski definition) is 3. The second-order valence-corrected chi connectivity index (χ2v) is 6.80. The first-order valence-corrected chi connectivity index (χ1v) is 9.93. The average molecular weight is 386 g/mol. The third-order valence-corrected chi connectivity index (χ3v) is 4.30. The van der Waals surface area contributed by atoms with Gasteiger partial charge in [-0.05, 0) is 24.3 Å². The fourth-order valence-corrected chi connectivity index (χ4v) is 2.71. The van der Waals surface area contributed by atoms with Crippen molar-refractivity contribution in [1.82, 2.24) is 0 Å². The molecule has 0 unspecified atom stereocenters. The van der Waals surface area contributed by atoms with Gasteiger partial charge in [-0.15, -0.1) is 0 Å². The summed E-state index contributed by atoms with van der Waals surface area (Å²) in [4.78, 5) is 0. The van der Waals surface area contributed by atoms with Gasteiger partial charge in [0.2, 0.25) is 0 Å². The second-order valence-electron chi connectivity index (χ2n) is 5.34. The Kier molecular flexibility index (Phi) is 9.17. The highest BCUT2D eigenvalue weighted by Gasteiger charge is 1.97. The van der Waals surface area contributed by atoms with Gasteiger partial charge in [-0.2, -0.15) is 0 Å². The summed E-state index contributed by atoms with van der Waals surface area (Å²) in [5.74, 6) is 23.1. The summed E-state index contributed by atoms with van der Waals surface area (Å²) in [6, 6.07) is 14.7. The summed E-state index contributed by atoms with van der Waals surface area (Å²) in [5.41, 5.74) is 2.94. The van der Waals surface area contributed by atoms with Gasteiger partial charge in [-0.1, -0.05) is 71.6 Å². The van der Waals surface area contributed by atoms with E-state index in [1.165, 1.54) is 0 Å². The molecule has 0 radical (unpaired) electrons. The Bertz CT molecular complexity index is 1000.